The molecule has 5 atom stereocenters. The summed E-state index contributed by atoms with van der Waals surface area (Å²) in [6.45, 7) is 12.0. The maximum Gasteiger partial charge on any atom is 0.0221 e. The Hall–Kier alpha value is -0.0800. The fourth-order valence-corrected chi connectivity index (χ4v) is 3.58. The molecule has 2 nitrogen and oxygen atoms in total. The second-order valence-electron chi connectivity index (χ2n) is 6.05. The van der Waals surface area contributed by atoms with E-state index in [0.717, 1.165) is 23.9 Å². The van der Waals surface area contributed by atoms with E-state index in [1.54, 1.807) is 0 Å². The molecule has 5 unspecified atom stereocenters. The van der Waals surface area contributed by atoms with Gasteiger partial charge in [0.2, 0.25) is 0 Å². The highest BCUT2D eigenvalue weighted by Crippen LogP contribution is 2.36. The minimum Gasteiger partial charge on any atom is -0.311 e. The predicted octanol–water partition coefficient (Wildman–Crippen LogP) is 2.49. The van der Waals surface area contributed by atoms with Crippen molar-refractivity contribution < 1.29 is 0 Å². The molecule has 0 spiro atoms. The lowest BCUT2D eigenvalue weighted by Crippen LogP contribution is -2.59. The Morgan fingerprint density at radius 2 is 1.94 bits per heavy atom. The van der Waals surface area contributed by atoms with Crippen LogP contribution in [-0.2, 0) is 0 Å². The number of hydrogen-bond donors (Lipinski definition) is 1. The Morgan fingerprint density at radius 3 is 2.50 bits per heavy atom. The number of piperazine rings is 1. The highest BCUT2D eigenvalue weighted by atomic mass is 15.3. The number of hydrogen-bond acceptors (Lipinski definition) is 2. The van der Waals surface area contributed by atoms with Crippen molar-refractivity contribution in [2.45, 2.75) is 65.1 Å². The molecule has 1 saturated carbocycles. The van der Waals surface area contributed by atoms with Crippen molar-refractivity contribution in [3.05, 3.63) is 0 Å². The van der Waals surface area contributed by atoms with E-state index in [0.29, 0.717) is 6.04 Å². The molecule has 1 heterocycles. The predicted molar refractivity (Wildman–Crippen MR) is 69.6 cm³/mol. The maximum absolute atomic E-state index is 3.62. The van der Waals surface area contributed by atoms with Gasteiger partial charge in [0.25, 0.3) is 0 Å². The summed E-state index contributed by atoms with van der Waals surface area (Å²) in [5.41, 5.74) is 0. The minimum absolute atomic E-state index is 0.672. The quantitative estimate of drug-likeness (QED) is 0.775. The Kier molecular flexibility index (Phi) is 3.91. The van der Waals surface area contributed by atoms with E-state index < -0.39 is 0 Å². The average molecular weight is 224 g/mol. The lowest BCUT2D eigenvalue weighted by Gasteiger charge is -2.44. The molecule has 1 saturated heterocycles. The van der Waals surface area contributed by atoms with Gasteiger partial charge in [-0.3, -0.25) is 4.90 Å². The van der Waals surface area contributed by atoms with Crippen molar-refractivity contribution in [2.75, 3.05) is 13.1 Å². The summed E-state index contributed by atoms with van der Waals surface area (Å²) in [5.74, 6) is 1.81. The summed E-state index contributed by atoms with van der Waals surface area (Å²) in [6.07, 6.45) is 4.14. The van der Waals surface area contributed by atoms with Gasteiger partial charge >= 0.3 is 0 Å². The lowest BCUT2D eigenvalue weighted by molar-refractivity contribution is 0.0624. The van der Waals surface area contributed by atoms with Gasteiger partial charge in [0.1, 0.15) is 0 Å². The Labute approximate surface area is 101 Å². The summed E-state index contributed by atoms with van der Waals surface area (Å²) in [7, 11) is 0. The topological polar surface area (TPSA) is 15.3 Å². The van der Waals surface area contributed by atoms with Gasteiger partial charge in [-0.2, -0.15) is 0 Å². The zero-order valence-corrected chi connectivity index (χ0v) is 11.4. The third-order valence-electron chi connectivity index (χ3n) is 4.98. The van der Waals surface area contributed by atoms with E-state index in [1.165, 1.54) is 32.4 Å². The first-order chi connectivity index (χ1) is 7.63. The number of rotatable bonds is 2. The summed E-state index contributed by atoms with van der Waals surface area (Å²) in [4.78, 5) is 2.81. The van der Waals surface area contributed by atoms with Gasteiger partial charge in [0.15, 0.2) is 0 Å². The highest BCUT2D eigenvalue weighted by molar-refractivity contribution is 4.93. The molecule has 16 heavy (non-hydrogen) atoms. The summed E-state index contributed by atoms with van der Waals surface area (Å²) in [6, 6.07) is 2.30. The molecular weight excluding hydrogens is 196 g/mol. The van der Waals surface area contributed by atoms with Crippen molar-refractivity contribution in [1.29, 1.82) is 0 Å². The second kappa shape index (κ2) is 5.05. The monoisotopic (exact) mass is 224 g/mol. The van der Waals surface area contributed by atoms with Crippen LogP contribution in [0.2, 0.25) is 0 Å². The zero-order valence-electron chi connectivity index (χ0n) is 11.4. The molecule has 94 valence electrons. The van der Waals surface area contributed by atoms with Gasteiger partial charge in [0.05, 0.1) is 0 Å². The van der Waals surface area contributed by atoms with Crippen LogP contribution in [0.1, 0.15) is 47.0 Å². The van der Waals surface area contributed by atoms with Crippen LogP contribution in [0.3, 0.4) is 0 Å². The molecule has 0 aromatic rings. The first-order valence-electron chi connectivity index (χ1n) is 7.12. The van der Waals surface area contributed by atoms with Crippen LogP contribution in [0.5, 0.6) is 0 Å². The molecule has 2 aliphatic rings. The number of nitrogens with one attached hydrogen (secondary N) is 1. The molecule has 1 aliphatic carbocycles. The normalized spacial score (nSPS) is 46.1. The Balaban J connectivity index is 2.05. The van der Waals surface area contributed by atoms with Crippen molar-refractivity contribution in [3.63, 3.8) is 0 Å². The SMILES string of the molecule is CCC1CNC(C)CN1C1CCC(C)C1C. The van der Waals surface area contributed by atoms with Gasteiger partial charge in [-0.15, -0.1) is 0 Å². The van der Waals surface area contributed by atoms with Crippen LogP contribution in [-0.4, -0.2) is 36.1 Å². The zero-order chi connectivity index (χ0) is 11.7. The van der Waals surface area contributed by atoms with E-state index in [9.17, 15) is 0 Å². The average Bonchev–Trinajstić information content (AvgIpc) is 2.60. The number of nitrogens with zero attached hydrogens (tertiary/aromatic N) is 1. The van der Waals surface area contributed by atoms with Crippen molar-refractivity contribution in [1.82, 2.24) is 10.2 Å². The highest BCUT2D eigenvalue weighted by Gasteiger charge is 2.38. The lowest BCUT2D eigenvalue weighted by atomic mass is 9.94. The first-order valence-corrected chi connectivity index (χ1v) is 7.12. The molecule has 0 aromatic heterocycles. The van der Waals surface area contributed by atoms with Crippen molar-refractivity contribution in [3.8, 4) is 0 Å². The van der Waals surface area contributed by atoms with Gasteiger partial charge in [-0.1, -0.05) is 20.8 Å². The smallest absolute Gasteiger partial charge is 0.0221 e. The van der Waals surface area contributed by atoms with E-state index in [4.69, 9.17) is 0 Å². The molecule has 2 rings (SSSR count). The van der Waals surface area contributed by atoms with Crippen LogP contribution in [0, 0.1) is 11.8 Å². The third kappa shape index (κ3) is 2.28. The van der Waals surface area contributed by atoms with Crippen LogP contribution in [0.4, 0.5) is 0 Å². The van der Waals surface area contributed by atoms with E-state index >= 15 is 0 Å². The summed E-state index contributed by atoms with van der Waals surface area (Å²) >= 11 is 0. The standard InChI is InChI=1S/C14H28N2/c1-5-13-8-15-11(3)9-16(13)14-7-6-10(2)12(14)4/h10-15H,5-9H2,1-4H3. The van der Waals surface area contributed by atoms with Crippen LogP contribution >= 0.6 is 0 Å². The third-order valence-corrected chi connectivity index (χ3v) is 4.98. The van der Waals surface area contributed by atoms with Gasteiger partial charge in [0, 0.05) is 31.2 Å². The molecule has 0 aromatic carbocycles. The molecule has 2 heteroatoms. The molecule has 1 aliphatic heterocycles. The Morgan fingerprint density at radius 1 is 1.19 bits per heavy atom. The maximum atomic E-state index is 3.62. The molecule has 2 fully saturated rings. The molecule has 1 N–H and O–H groups in total. The van der Waals surface area contributed by atoms with Crippen LogP contribution in [0.25, 0.3) is 0 Å². The van der Waals surface area contributed by atoms with E-state index in [2.05, 4.69) is 37.9 Å². The fourth-order valence-electron chi connectivity index (χ4n) is 3.58. The molecular formula is C14H28N2. The Bertz CT molecular complexity index is 229. The molecule has 0 bridgehead atoms. The van der Waals surface area contributed by atoms with Gasteiger partial charge < -0.3 is 5.32 Å². The second-order valence-corrected chi connectivity index (χ2v) is 6.05. The first kappa shape index (κ1) is 12.4. The van der Waals surface area contributed by atoms with Crippen LogP contribution < -0.4 is 5.32 Å². The largest absolute Gasteiger partial charge is 0.311 e. The van der Waals surface area contributed by atoms with Crippen molar-refractivity contribution in [2.24, 2.45) is 11.8 Å². The summed E-state index contributed by atoms with van der Waals surface area (Å²) in [5, 5.41) is 3.62. The van der Waals surface area contributed by atoms with Gasteiger partial charge in [-0.25, -0.2) is 0 Å². The van der Waals surface area contributed by atoms with Crippen LogP contribution in [0.15, 0.2) is 0 Å². The van der Waals surface area contributed by atoms with Gasteiger partial charge in [-0.05, 0) is 38.0 Å². The summed E-state index contributed by atoms with van der Waals surface area (Å²) < 4.78 is 0. The fraction of sp³-hybridized carbons (Fsp3) is 1.00. The minimum atomic E-state index is 0.672. The molecule has 0 amide bonds. The van der Waals surface area contributed by atoms with Crippen molar-refractivity contribution >= 4 is 0 Å². The van der Waals surface area contributed by atoms with E-state index in [1.807, 2.05) is 0 Å². The molecule has 0 radical (unpaired) electrons. The van der Waals surface area contributed by atoms with E-state index in [-0.39, 0.29) is 0 Å².